The molecule has 45 heavy (non-hydrogen) atoms. The number of aromatic nitrogens is 2. The number of carbonyl (C=O) groups excluding carboxylic acids is 1. The van der Waals surface area contributed by atoms with Gasteiger partial charge in [0.15, 0.2) is 5.82 Å². The first-order valence-corrected chi connectivity index (χ1v) is 15.4. The summed E-state index contributed by atoms with van der Waals surface area (Å²) in [7, 11) is 0. The third-order valence-electron chi connectivity index (χ3n) is 7.36. The number of nitrogen functional groups attached to an aromatic ring is 1. The number of carbonyl (C=O) groups is 2. The summed E-state index contributed by atoms with van der Waals surface area (Å²) in [6.07, 6.45) is 1.24. The quantitative estimate of drug-likeness (QED) is 0.194. The molecule has 2 heterocycles. The Labute approximate surface area is 266 Å². The van der Waals surface area contributed by atoms with Crippen molar-refractivity contribution in [1.82, 2.24) is 9.97 Å². The van der Waals surface area contributed by atoms with E-state index in [1.165, 1.54) is 6.07 Å². The second-order valence-corrected chi connectivity index (χ2v) is 10.1. The molecule has 3 aromatic carbocycles. The highest BCUT2D eigenvalue weighted by Crippen LogP contribution is 2.45. The topological polar surface area (TPSA) is 118 Å². The van der Waals surface area contributed by atoms with Crippen LogP contribution in [-0.2, 0) is 27.8 Å². The number of hydrogen-bond donors (Lipinski definition) is 3. The lowest BCUT2D eigenvalue weighted by Gasteiger charge is -2.24. The van der Waals surface area contributed by atoms with Gasteiger partial charge in [0.05, 0.1) is 5.56 Å². The van der Waals surface area contributed by atoms with Gasteiger partial charge >= 0.3 is 5.97 Å². The third-order valence-corrected chi connectivity index (χ3v) is 7.36. The van der Waals surface area contributed by atoms with Crippen molar-refractivity contribution >= 4 is 29.1 Å². The monoisotopic (exact) mass is 612 g/mol. The second kappa shape index (κ2) is 16.9. The molecule has 8 heteroatoms. The maximum Gasteiger partial charge on any atom is 0.303 e. The molecule has 0 fully saturated rings. The van der Waals surface area contributed by atoms with Crippen molar-refractivity contribution in [3.8, 4) is 0 Å². The van der Waals surface area contributed by atoms with Crippen LogP contribution in [0.2, 0.25) is 0 Å². The third kappa shape index (κ3) is 8.41. The summed E-state index contributed by atoms with van der Waals surface area (Å²) in [5.41, 5.74) is 10.8. The first kappa shape index (κ1) is 36.3. The molecule has 0 unspecified atom stereocenters. The molecule has 1 atom stereocenters. The van der Waals surface area contributed by atoms with Crippen molar-refractivity contribution in [1.29, 1.82) is 0 Å². The zero-order valence-electron chi connectivity index (χ0n) is 27.4. The number of aliphatic carboxylic acids is 1. The molecule has 238 valence electrons. The molecule has 0 radical (unpaired) electrons. The molecular weight excluding hydrogens is 567 g/mol. The normalized spacial score (nSPS) is 14.3. The number of carboxylic acid groups (broad SMARTS) is 1. The number of nitrogens with zero attached hydrogens (tertiary/aromatic N) is 2. The number of rotatable bonds is 7. The molecule has 0 saturated heterocycles. The molecular formula is C37H45FN4O3. The molecule has 4 N–H and O–H groups in total. The van der Waals surface area contributed by atoms with E-state index in [-0.39, 0.29) is 24.0 Å². The van der Waals surface area contributed by atoms with Crippen LogP contribution in [-0.4, -0.2) is 27.0 Å². The Bertz CT molecular complexity index is 1620. The molecule has 0 saturated carbocycles. The maximum atomic E-state index is 13.1. The molecule has 0 aliphatic carbocycles. The highest BCUT2D eigenvalue weighted by Gasteiger charge is 2.47. The van der Waals surface area contributed by atoms with Crippen LogP contribution in [0.5, 0.6) is 0 Å². The van der Waals surface area contributed by atoms with Gasteiger partial charge in [-0.3, -0.25) is 9.59 Å². The Hall–Kier alpha value is -4.85. The fourth-order valence-corrected chi connectivity index (χ4v) is 4.89. The number of benzene rings is 3. The van der Waals surface area contributed by atoms with Crippen LogP contribution in [0.4, 0.5) is 16.0 Å². The van der Waals surface area contributed by atoms with E-state index in [9.17, 15) is 14.0 Å². The Morgan fingerprint density at radius 1 is 0.978 bits per heavy atom. The van der Waals surface area contributed by atoms with Gasteiger partial charge in [0.25, 0.3) is 0 Å². The van der Waals surface area contributed by atoms with Crippen LogP contribution in [0.25, 0.3) is 5.57 Å². The van der Waals surface area contributed by atoms with Gasteiger partial charge in [-0.2, -0.15) is 0 Å². The summed E-state index contributed by atoms with van der Waals surface area (Å²) >= 11 is 0. The summed E-state index contributed by atoms with van der Waals surface area (Å²) in [6, 6.07) is 21.9. The van der Waals surface area contributed by atoms with Gasteiger partial charge in [-0.15, -0.1) is 0 Å². The van der Waals surface area contributed by atoms with Gasteiger partial charge < -0.3 is 16.2 Å². The number of nitrogens with two attached hydrogens (primary N) is 1. The van der Waals surface area contributed by atoms with Crippen molar-refractivity contribution in [2.45, 2.75) is 73.1 Å². The van der Waals surface area contributed by atoms with E-state index in [0.29, 0.717) is 29.2 Å². The average Bonchev–Trinajstić information content (AvgIpc) is 3.32. The molecule has 1 aliphatic rings. The van der Waals surface area contributed by atoms with E-state index in [1.54, 1.807) is 19.1 Å². The predicted octanol–water partition coefficient (Wildman–Crippen LogP) is 8.14. The lowest BCUT2D eigenvalue weighted by molar-refractivity contribution is -0.137. The van der Waals surface area contributed by atoms with Gasteiger partial charge in [0, 0.05) is 12.0 Å². The minimum Gasteiger partial charge on any atom is -0.481 e. The SMILES string of the molecule is C=C(c1nc(N)c2c(n1)NC(=O)[C@@]2(C)c1ccc(CCC(=O)O)cc1)c1ccccc1C.CC.CC.CCc1ccccc1F. The largest absolute Gasteiger partial charge is 0.481 e. The first-order chi connectivity index (χ1) is 21.6. The first-order valence-electron chi connectivity index (χ1n) is 15.4. The second-order valence-electron chi connectivity index (χ2n) is 10.1. The number of aryl methyl sites for hydroxylation is 3. The molecule has 1 aromatic heterocycles. The van der Waals surface area contributed by atoms with E-state index in [2.05, 4.69) is 21.9 Å². The highest BCUT2D eigenvalue weighted by atomic mass is 19.1. The number of amides is 1. The number of carboxylic acids is 1. The molecule has 7 nitrogen and oxygen atoms in total. The Balaban J connectivity index is 0.000000458. The van der Waals surface area contributed by atoms with E-state index < -0.39 is 11.4 Å². The summed E-state index contributed by atoms with van der Waals surface area (Å²) in [5.74, 6) is -0.229. The highest BCUT2D eigenvalue weighted by molar-refractivity contribution is 6.09. The summed E-state index contributed by atoms with van der Waals surface area (Å²) in [6.45, 7) is 17.9. The molecule has 1 amide bonds. The Morgan fingerprint density at radius 3 is 2.13 bits per heavy atom. The fourth-order valence-electron chi connectivity index (χ4n) is 4.89. The zero-order chi connectivity index (χ0) is 33.7. The van der Waals surface area contributed by atoms with Crippen molar-refractivity contribution in [2.24, 2.45) is 0 Å². The minimum absolute atomic E-state index is 0.0499. The van der Waals surface area contributed by atoms with Crippen molar-refractivity contribution in [3.63, 3.8) is 0 Å². The van der Waals surface area contributed by atoms with Crippen LogP contribution >= 0.6 is 0 Å². The smallest absolute Gasteiger partial charge is 0.303 e. The standard InChI is InChI=1S/C25H24N4O3.C8H9F.2C2H6/c1-14-6-4-5-7-18(14)15(2)22-27-21(26)20-23(28-22)29-24(32)25(20,3)17-11-8-16(9-12-17)10-13-19(30)31;1-2-7-5-3-4-6-8(7)9;2*1-2/h4-9,11-12H,2,10,13H2,1,3H3,(H,30,31)(H3,26,27,28,29,32);3-6H,2H2,1H3;2*1-2H3/t25-;;;/m0.../s1. The van der Waals surface area contributed by atoms with Gasteiger partial charge in [-0.1, -0.05) is 108 Å². The lowest BCUT2D eigenvalue weighted by atomic mass is 9.77. The number of fused-ring (bicyclic) bond motifs is 1. The molecule has 4 aromatic rings. The Kier molecular flexibility index (Phi) is 13.6. The van der Waals surface area contributed by atoms with Gasteiger partial charge in [-0.05, 0) is 60.6 Å². The van der Waals surface area contributed by atoms with Gasteiger partial charge in [0.1, 0.15) is 22.9 Å². The minimum atomic E-state index is -1.06. The van der Waals surface area contributed by atoms with Crippen LogP contribution in [0, 0.1) is 12.7 Å². The number of halogens is 1. The van der Waals surface area contributed by atoms with Gasteiger partial charge in [0.2, 0.25) is 5.91 Å². The average molecular weight is 613 g/mol. The van der Waals surface area contributed by atoms with E-state index in [4.69, 9.17) is 10.8 Å². The molecule has 1 aliphatic heterocycles. The van der Waals surface area contributed by atoms with Gasteiger partial charge in [-0.25, -0.2) is 14.4 Å². The van der Waals surface area contributed by atoms with Crippen LogP contribution < -0.4 is 11.1 Å². The summed E-state index contributed by atoms with van der Waals surface area (Å²) < 4.78 is 12.6. The molecule has 5 rings (SSSR count). The number of anilines is 2. The number of nitrogens with one attached hydrogen (secondary N) is 1. The van der Waals surface area contributed by atoms with Crippen molar-refractivity contribution in [2.75, 3.05) is 11.1 Å². The fraction of sp³-hybridized carbons (Fsp3) is 0.297. The van der Waals surface area contributed by atoms with Crippen LogP contribution in [0.15, 0.2) is 79.4 Å². The maximum absolute atomic E-state index is 13.1. The van der Waals surface area contributed by atoms with E-state index in [1.807, 2.05) is 96.1 Å². The summed E-state index contributed by atoms with van der Waals surface area (Å²) in [4.78, 5) is 33.0. The van der Waals surface area contributed by atoms with Crippen LogP contribution in [0.1, 0.15) is 87.2 Å². The lowest BCUT2D eigenvalue weighted by Crippen LogP contribution is -2.33. The molecule has 0 bridgehead atoms. The zero-order valence-corrected chi connectivity index (χ0v) is 27.4. The van der Waals surface area contributed by atoms with E-state index >= 15 is 0 Å². The predicted molar refractivity (Wildman–Crippen MR) is 182 cm³/mol. The van der Waals surface area contributed by atoms with Crippen molar-refractivity contribution < 1.29 is 19.1 Å². The van der Waals surface area contributed by atoms with Crippen LogP contribution in [0.3, 0.4) is 0 Å². The summed E-state index contributed by atoms with van der Waals surface area (Å²) in [5, 5.41) is 11.7. The Morgan fingerprint density at radius 2 is 1.58 bits per heavy atom. The number of hydrogen-bond acceptors (Lipinski definition) is 5. The van der Waals surface area contributed by atoms with Crippen molar-refractivity contribution in [3.05, 3.63) is 124 Å². The van der Waals surface area contributed by atoms with E-state index in [0.717, 1.165) is 34.2 Å². The molecule has 0 spiro atoms.